The molecule has 0 radical (unpaired) electrons. The number of carbonyl (C=O) groups is 1. The molecule has 2 saturated carbocycles. The molecule has 0 aromatic carbocycles. The minimum Gasteiger partial charge on any atom is -0.466 e. The van der Waals surface area contributed by atoms with Crippen molar-refractivity contribution in [2.75, 3.05) is 0 Å². The Morgan fingerprint density at radius 2 is 2.05 bits per heavy atom. The molecule has 3 nitrogen and oxygen atoms in total. The minimum absolute atomic E-state index is 0.0561. The third-order valence-electron chi connectivity index (χ3n) is 5.18. The van der Waals surface area contributed by atoms with Gasteiger partial charge >= 0.3 is 0 Å². The summed E-state index contributed by atoms with van der Waals surface area (Å²) in [5, 5.41) is 3.29. The maximum atomic E-state index is 12.3. The van der Waals surface area contributed by atoms with Gasteiger partial charge in [0.05, 0.1) is 11.5 Å². The van der Waals surface area contributed by atoms with Crippen LogP contribution in [0, 0.1) is 23.7 Å². The van der Waals surface area contributed by atoms with E-state index < -0.39 is 0 Å². The maximum Gasteiger partial charge on any atom is 0.227 e. The lowest BCUT2D eigenvalue weighted by Gasteiger charge is -2.35. The van der Waals surface area contributed by atoms with Crippen LogP contribution in [0.1, 0.15) is 56.2 Å². The van der Waals surface area contributed by atoms with Gasteiger partial charge in [0.2, 0.25) is 5.91 Å². The Labute approximate surface area is 113 Å². The standard InChI is InChI=1S/C16H21NO2/c1-9-4-11-12(7-15(2,3)8-13(11)19-9)17-14(18)16-5-10(16)6-16/h4,10,12H,5-8H2,1-3H3,(H,17,18). The van der Waals surface area contributed by atoms with Gasteiger partial charge in [-0.1, -0.05) is 13.8 Å². The van der Waals surface area contributed by atoms with Crippen molar-refractivity contribution in [3.63, 3.8) is 0 Å². The maximum absolute atomic E-state index is 12.3. The number of aryl methyl sites for hydroxylation is 1. The summed E-state index contributed by atoms with van der Waals surface area (Å²) in [6, 6.07) is 2.24. The lowest BCUT2D eigenvalue weighted by molar-refractivity contribution is -0.125. The molecule has 1 aromatic rings. The zero-order valence-corrected chi connectivity index (χ0v) is 11.9. The highest BCUT2D eigenvalue weighted by Gasteiger charge is 2.74. The van der Waals surface area contributed by atoms with Gasteiger partial charge in [-0.2, -0.15) is 0 Å². The average molecular weight is 259 g/mol. The van der Waals surface area contributed by atoms with Crippen LogP contribution in [0.2, 0.25) is 0 Å². The van der Waals surface area contributed by atoms with Crippen molar-refractivity contribution in [2.45, 2.75) is 52.5 Å². The summed E-state index contributed by atoms with van der Waals surface area (Å²) in [5.41, 5.74) is 1.46. The molecule has 3 aliphatic rings. The molecule has 0 saturated heterocycles. The monoisotopic (exact) mass is 259 g/mol. The minimum atomic E-state index is 0.0561. The van der Waals surface area contributed by atoms with Gasteiger partial charge < -0.3 is 9.73 Å². The topological polar surface area (TPSA) is 42.2 Å². The number of carbonyl (C=O) groups excluding carboxylic acids is 1. The van der Waals surface area contributed by atoms with Crippen molar-refractivity contribution in [3.05, 3.63) is 23.2 Å². The molecule has 1 aromatic heterocycles. The smallest absolute Gasteiger partial charge is 0.227 e. The Bertz CT molecular complexity index is 563. The molecule has 1 atom stereocenters. The van der Waals surface area contributed by atoms with E-state index in [-0.39, 0.29) is 22.8 Å². The van der Waals surface area contributed by atoms with Crippen LogP contribution >= 0.6 is 0 Å². The van der Waals surface area contributed by atoms with E-state index in [1.807, 2.05) is 6.92 Å². The molecular formula is C16H21NO2. The number of furan rings is 1. The number of rotatable bonds is 2. The molecule has 1 N–H and O–H groups in total. The molecule has 3 heteroatoms. The SMILES string of the molecule is Cc1cc2c(o1)CC(C)(C)CC2NC(=O)C12CC1C2. The van der Waals surface area contributed by atoms with E-state index in [0.29, 0.717) is 5.92 Å². The zero-order chi connectivity index (χ0) is 13.4. The third-order valence-corrected chi connectivity index (χ3v) is 5.18. The fourth-order valence-corrected chi connectivity index (χ4v) is 3.69. The Morgan fingerprint density at radius 1 is 1.37 bits per heavy atom. The summed E-state index contributed by atoms with van der Waals surface area (Å²) < 4.78 is 5.81. The molecule has 19 heavy (non-hydrogen) atoms. The number of hydrogen-bond donors (Lipinski definition) is 1. The van der Waals surface area contributed by atoms with Crippen LogP contribution in [-0.4, -0.2) is 5.91 Å². The molecule has 3 aliphatic carbocycles. The summed E-state index contributed by atoms with van der Waals surface area (Å²) in [6.45, 7) is 6.49. The van der Waals surface area contributed by atoms with Crippen molar-refractivity contribution >= 4 is 5.91 Å². The summed E-state index contributed by atoms with van der Waals surface area (Å²) in [6.07, 6.45) is 4.21. The van der Waals surface area contributed by atoms with Gasteiger partial charge in [0.1, 0.15) is 11.5 Å². The average Bonchev–Trinajstić information content (AvgIpc) is 3.07. The first-order chi connectivity index (χ1) is 8.90. The van der Waals surface area contributed by atoms with E-state index in [1.165, 1.54) is 5.56 Å². The van der Waals surface area contributed by atoms with Gasteiger partial charge in [-0.15, -0.1) is 0 Å². The highest BCUT2D eigenvalue weighted by atomic mass is 16.3. The normalized spacial score (nSPS) is 37.2. The first kappa shape index (κ1) is 11.6. The first-order valence-electron chi connectivity index (χ1n) is 7.30. The summed E-state index contributed by atoms with van der Waals surface area (Å²) in [5.74, 6) is 3.01. The fraction of sp³-hybridized carbons (Fsp3) is 0.688. The molecule has 0 aliphatic heterocycles. The second-order valence-corrected chi connectivity index (χ2v) is 7.57. The Kier molecular flexibility index (Phi) is 1.98. The van der Waals surface area contributed by atoms with Gasteiger partial charge in [0.25, 0.3) is 0 Å². The van der Waals surface area contributed by atoms with Gasteiger partial charge in [-0.3, -0.25) is 4.79 Å². The van der Waals surface area contributed by atoms with E-state index in [4.69, 9.17) is 4.42 Å². The molecule has 2 fully saturated rings. The predicted molar refractivity (Wildman–Crippen MR) is 71.6 cm³/mol. The van der Waals surface area contributed by atoms with Crippen LogP contribution in [-0.2, 0) is 11.2 Å². The number of hydrogen-bond acceptors (Lipinski definition) is 2. The molecule has 4 rings (SSSR count). The molecule has 1 amide bonds. The Balaban J connectivity index is 1.61. The second-order valence-electron chi connectivity index (χ2n) is 7.57. The summed E-state index contributed by atoms with van der Waals surface area (Å²) in [7, 11) is 0. The van der Waals surface area contributed by atoms with E-state index in [0.717, 1.165) is 37.2 Å². The van der Waals surface area contributed by atoms with Gasteiger partial charge in [-0.25, -0.2) is 0 Å². The molecular weight excluding hydrogens is 238 g/mol. The predicted octanol–water partition coefficient (Wildman–Crippen LogP) is 3.13. The number of nitrogens with one attached hydrogen (secondary N) is 1. The first-order valence-corrected chi connectivity index (χ1v) is 7.30. The highest BCUT2D eigenvalue weighted by Crippen LogP contribution is 2.75. The van der Waals surface area contributed by atoms with Gasteiger partial charge in [-0.05, 0) is 43.6 Å². The van der Waals surface area contributed by atoms with Crippen LogP contribution in [0.4, 0.5) is 0 Å². The highest BCUT2D eigenvalue weighted by molar-refractivity contribution is 5.90. The van der Waals surface area contributed by atoms with Crippen molar-refractivity contribution in [1.82, 2.24) is 5.32 Å². The molecule has 102 valence electrons. The third kappa shape index (κ3) is 1.67. The zero-order valence-electron chi connectivity index (χ0n) is 11.9. The van der Waals surface area contributed by atoms with E-state index >= 15 is 0 Å². The summed E-state index contributed by atoms with van der Waals surface area (Å²) in [4.78, 5) is 12.3. The summed E-state index contributed by atoms with van der Waals surface area (Å²) >= 11 is 0. The Morgan fingerprint density at radius 3 is 2.68 bits per heavy atom. The lowest BCUT2D eigenvalue weighted by Crippen LogP contribution is -2.37. The largest absolute Gasteiger partial charge is 0.466 e. The van der Waals surface area contributed by atoms with Crippen LogP contribution in [0.25, 0.3) is 0 Å². The van der Waals surface area contributed by atoms with Crippen LogP contribution in [0.5, 0.6) is 0 Å². The van der Waals surface area contributed by atoms with Crippen molar-refractivity contribution < 1.29 is 9.21 Å². The Hall–Kier alpha value is -1.25. The lowest BCUT2D eigenvalue weighted by atomic mass is 9.74. The van der Waals surface area contributed by atoms with Crippen molar-refractivity contribution in [3.8, 4) is 0 Å². The van der Waals surface area contributed by atoms with Gasteiger partial charge in [0, 0.05) is 12.0 Å². The number of amides is 1. The van der Waals surface area contributed by atoms with Crippen LogP contribution in [0.15, 0.2) is 10.5 Å². The quantitative estimate of drug-likeness (QED) is 0.886. The molecule has 1 unspecified atom stereocenters. The molecule has 0 spiro atoms. The van der Waals surface area contributed by atoms with Crippen LogP contribution in [0.3, 0.4) is 0 Å². The fourth-order valence-electron chi connectivity index (χ4n) is 3.69. The molecule has 0 bridgehead atoms. The van der Waals surface area contributed by atoms with Crippen molar-refractivity contribution in [1.29, 1.82) is 0 Å². The van der Waals surface area contributed by atoms with Crippen molar-refractivity contribution in [2.24, 2.45) is 16.7 Å². The molecule has 1 heterocycles. The van der Waals surface area contributed by atoms with Crippen LogP contribution < -0.4 is 5.32 Å². The van der Waals surface area contributed by atoms with E-state index in [2.05, 4.69) is 25.2 Å². The second kappa shape index (κ2) is 3.25. The number of fused-ring (bicyclic) bond motifs is 2. The van der Waals surface area contributed by atoms with E-state index in [9.17, 15) is 4.79 Å². The van der Waals surface area contributed by atoms with E-state index in [1.54, 1.807) is 0 Å². The van der Waals surface area contributed by atoms with Gasteiger partial charge in [0.15, 0.2) is 0 Å².